The van der Waals surface area contributed by atoms with Gasteiger partial charge in [0.2, 0.25) is 0 Å². The summed E-state index contributed by atoms with van der Waals surface area (Å²) in [5.41, 5.74) is 6.31. The van der Waals surface area contributed by atoms with Gasteiger partial charge in [0.15, 0.2) is 5.65 Å². The number of pyridine rings is 1. The zero-order valence-corrected chi connectivity index (χ0v) is 16.7. The third kappa shape index (κ3) is 3.08. The van der Waals surface area contributed by atoms with Crippen molar-refractivity contribution in [1.29, 1.82) is 5.26 Å². The van der Waals surface area contributed by atoms with Gasteiger partial charge in [-0.2, -0.15) is 5.26 Å². The summed E-state index contributed by atoms with van der Waals surface area (Å²) < 4.78 is 2.08. The third-order valence-electron chi connectivity index (χ3n) is 5.12. The molecule has 4 aromatic rings. The van der Waals surface area contributed by atoms with Crippen LogP contribution in [0.2, 0.25) is 5.02 Å². The average molecular weight is 389 g/mol. The molecule has 0 fully saturated rings. The van der Waals surface area contributed by atoms with E-state index in [9.17, 15) is 5.26 Å². The van der Waals surface area contributed by atoms with Crippen LogP contribution in [0.1, 0.15) is 36.5 Å². The molecule has 0 amide bonds. The van der Waals surface area contributed by atoms with Crippen LogP contribution in [0, 0.1) is 18.3 Å². The number of fused-ring (bicyclic) bond motifs is 3. The molecule has 4 nitrogen and oxygen atoms in total. The molecule has 0 spiro atoms. The van der Waals surface area contributed by atoms with Gasteiger partial charge in [-0.3, -0.25) is 4.40 Å². The Morgan fingerprint density at radius 3 is 2.61 bits per heavy atom. The van der Waals surface area contributed by atoms with Gasteiger partial charge in [-0.25, -0.2) is 4.98 Å². The number of benzene rings is 2. The first-order chi connectivity index (χ1) is 13.6. The van der Waals surface area contributed by atoms with E-state index in [1.165, 1.54) is 0 Å². The Kier molecular flexibility index (Phi) is 4.93. The second-order valence-corrected chi connectivity index (χ2v) is 7.37. The Labute approximate surface area is 169 Å². The normalized spacial score (nSPS) is 11.1. The van der Waals surface area contributed by atoms with Crippen molar-refractivity contribution >= 4 is 39.8 Å². The Bertz CT molecular complexity index is 1200. The van der Waals surface area contributed by atoms with Gasteiger partial charge in [-0.1, -0.05) is 37.1 Å². The molecule has 2 aromatic carbocycles. The molecule has 2 aromatic heterocycles. The lowest BCUT2D eigenvalue weighted by Crippen LogP contribution is -2.08. The van der Waals surface area contributed by atoms with Crippen molar-refractivity contribution in [3.8, 4) is 6.07 Å². The number of hydrogen-bond acceptors (Lipinski definition) is 3. The first kappa shape index (κ1) is 18.3. The summed E-state index contributed by atoms with van der Waals surface area (Å²) in [6, 6.07) is 18.0. The topological polar surface area (TPSA) is 53.1 Å². The van der Waals surface area contributed by atoms with Crippen molar-refractivity contribution in [2.75, 3.05) is 5.32 Å². The minimum Gasteiger partial charge on any atom is -0.341 e. The molecule has 4 rings (SSSR count). The van der Waals surface area contributed by atoms with Crippen LogP contribution < -0.4 is 5.32 Å². The van der Waals surface area contributed by atoms with E-state index in [2.05, 4.69) is 22.7 Å². The predicted molar refractivity (Wildman–Crippen MR) is 115 cm³/mol. The van der Waals surface area contributed by atoms with Crippen molar-refractivity contribution in [2.24, 2.45) is 0 Å². The first-order valence-electron chi connectivity index (χ1n) is 9.49. The Morgan fingerprint density at radius 2 is 1.89 bits per heavy atom. The SMILES string of the molecule is CCCCc1c(C)c(C#N)c2nc3ccccc3n2c1Nc1ccc(Cl)cc1. The highest BCUT2D eigenvalue weighted by molar-refractivity contribution is 6.30. The molecule has 0 aliphatic carbocycles. The van der Waals surface area contributed by atoms with Crippen LogP contribution in [0.25, 0.3) is 16.7 Å². The van der Waals surface area contributed by atoms with E-state index in [1.54, 1.807) is 0 Å². The van der Waals surface area contributed by atoms with Crippen LogP contribution in [0.4, 0.5) is 11.5 Å². The van der Waals surface area contributed by atoms with Gasteiger partial charge in [0.25, 0.3) is 0 Å². The van der Waals surface area contributed by atoms with Gasteiger partial charge in [0.1, 0.15) is 11.9 Å². The van der Waals surface area contributed by atoms with E-state index < -0.39 is 0 Å². The maximum Gasteiger partial charge on any atom is 0.157 e. The highest BCUT2D eigenvalue weighted by Gasteiger charge is 2.20. The number of halogens is 1. The summed E-state index contributed by atoms with van der Waals surface area (Å²) >= 11 is 6.06. The molecule has 0 aliphatic rings. The lowest BCUT2D eigenvalue weighted by atomic mass is 9.99. The largest absolute Gasteiger partial charge is 0.341 e. The molecule has 0 radical (unpaired) electrons. The maximum absolute atomic E-state index is 9.86. The van der Waals surface area contributed by atoms with E-state index in [0.717, 1.165) is 52.9 Å². The number of aromatic nitrogens is 2. The Morgan fingerprint density at radius 1 is 1.14 bits per heavy atom. The van der Waals surface area contributed by atoms with Gasteiger partial charge in [-0.15, -0.1) is 0 Å². The fourth-order valence-electron chi connectivity index (χ4n) is 3.65. The third-order valence-corrected chi connectivity index (χ3v) is 5.37. The molecule has 2 heterocycles. The molecule has 140 valence electrons. The number of hydrogen-bond donors (Lipinski definition) is 1. The molecule has 1 N–H and O–H groups in total. The number of unbranched alkanes of at least 4 members (excludes halogenated alkanes) is 1. The van der Waals surface area contributed by atoms with Crippen molar-refractivity contribution in [3.05, 3.63) is 70.2 Å². The number of nitrogens with one attached hydrogen (secondary N) is 1. The fourth-order valence-corrected chi connectivity index (χ4v) is 3.77. The second-order valence-electron chi connectivity index (χ2n) is 6.93. The van der Waals surface area contributed by atoms with Gasteiger partial charge in [0, 0.05) is 10.7 Å². The van der Waals surface area contributed by atoms with Gasteiger partial charge < -0.3 is 5.32 Å². The number of nitrogens with zero attached hydrogens (tertiary/aromatic N) is 3. The summed E-state index contributed by atoms with van der Waals surface area (Å²) in [5.74, 6) is 0.968. The standard InChI is InChI=1S/C23H21ClN4/c1-3-4-7-18-15(2)19(14-25)23-27-20-8-5-6-9-21(20)28(23)22(18)26-17-12-10-16(24)11-13-17/h5-6,8-13,26H,3-4,7H2,1-2H3. The number of imidazole rings is 1. The molecule has 0 aliphatic heterocycles. The average Bonchev–Trinajstić information content (AvgIpc) is 3.08. The molecule has 0 saturated heterocycles. The van der Waals surface area contributed by atoms with Crippen LogP contribution in [-0.4, -0.2) is 9.38 Å². The monoisotopic (exact) mass is 388 g/mol. The predicted octanol–water partition coefficient (Wildman–Crippen LogP) is 6.41. The van der Waals surface area contributed by atoms with E-state index in [1.807, 2.05) is 55.5 Å². The summed E-state index contributed by atoms with van der Waals surface area (Å²) in [5, 5.41) is 14.1. The van der Waals surface area contributed by atoms with Crippen LogP contribution in [-0.2, 0) is 6.42 Å². The number of rotatable bonds is 5. The summed E-state index contributed by atoms with van der Waals surface area (Å²) in [6.07, 6.45) is 3.04. The molecule has 0 saturated carbocycles. The van der Waals surface area contributed by atoms with E-state index in [0.29, 0.717) is 16.2 Å². The van der Waals surface area contributed by atoms with Crippen molar-refractivity contribution in [2.45, 2.75) is 33.1 Å². The smallest absolute Gasteiger partial charge is 0.157 e. The van der Waals surface area contributed by atoms with Crippen molar-refractivity contribution < 1.29 is 0 Å². The molecule has 0 unspecified atom stereocenters. The summed E-state index contributed by atoms with van der Waals surface area (Å²) in [4.78, 5) is 4.76. The first-order valence-corrected chi connectivity index (χ1v) is 9.87. The van der Waals surface area contributed by atoms with E-state index >= 15 is 0 Å². The maximum atomic E-state index is 9.86. The van der Waals surface area contributed by atoms with Crippen LogP contribution in [0.3, 0.4) is 0 Å². The Balaban J connectivity index is 2.05. The highest BCUT2D eigenvalue weighted by Crippen LogP contribution is 2.33. The molecular weight excluding hydrogens is 368 g/mol. The van der Waals surface area contributed by atoms with E-state index in [-0.39, 0.29) is 0 Å². The zero-order chi connectivity index (χ0) is 19.7. The quantitative estimate of drug-likeness (QED) is 0.430. The Hall–Kier alpha value is -3.03. The second kappa shape index (κ2) is 7.53. The van der Waals surface area contributed by atoms with Gasteiger partial charge in [0.05, 0.1) is 16.6 Å². The van der Waals surface area contributed by atoms with Gasteiger partial charge >= 0.3 is 0 Å². The van der Waals surface area contributed by atoms with Crippen molar-refractivity contribution in [1.82, 2.24) is 9.38 Å². The van der Waals surface area contributed by atoms with Gasteiger partial charge in [-0.05, 0) is 67.3 Å². The lowest BCUT2D eigenvalue weighted by Gasteiger charge is -2.19. The zero-order valence-electron chi connectivity index (χ0n) is 16.0. The summed E-state index contributed by atoms with van der Waals surface area (Å²) in [7, 11) is 0. The molecule has 5 heteroatoms. The minimum absolute atomic E-state index is 0.643. The number of nitriles is 1. The molecule has 0 bridgehead atoms. The highest BCUT2D eigenvalue weighted by atomic mass is 35.5. The van der Waals surface area contributed by atoms with E-state index in [4.69, 9.17) is 16.6 Å². The van der Waals surface area contributed by atoms with Crippen LogP contribution in [0.15, 0.2) is 48.5 Å². The summed E-state index contributed by atoms with van der Waals surface area (Å²) in [6.45, 7) is 4.20. The molecule has 28 heavy (non-hydrogen) atoms. The van der Waals surface area contributed by atoms with Crippen LogP contribution >= 0.6 is 11.6 Å². The lowest BCUT2D eigenvalue weighted by molar-refractivity contribution is 0.788. The number of para-hydroxylation sites is 2. The van der Waals surface area contributed by atoms with Crippen molar-refractivity contribution in [3.63, 3.8) is 0 Å². The van der Waals surface area contributed by atoms with Crippen LogP contribution in [0.5, 0.6) is 0 Å². The molecular formula is C23H21ClN4. The molecule has 0 atom stereocenters. The number of anilines is 2. The fraction of sp³-hybridized carbons (Fsp3) is 0.217. The minimum atomic E-state index is 0.643.